The molecule has 3 aromatic rings. The summed E-state index contributed by atoms with van der Waals surface area (Å²) in [5.74, 6) is 0. The zero-order chi connectivity index (χ0) is 22.0. The van der Waals surface area contributed by atoms with Crippen LogP contribution in [-0.4, -0.2) is 39.8 Å². The lowest BCUT2D eigenvalue weighted by atomic mass is 9.97. The monoisotopic (exact) mass is 434 g/mol. The Morgan fingerprint density at radius 1 is 1.13 bits per heavy atom. The lowest BCUT2D eigenvalue weighted by Gasteiger charge is -2.28. The third kappa shape index (κ3) is 3.98. The molecule has 0 amide bonds. The summed E-state index contributed by atoms with van der Waals surface area (Å²) in [5, 5.41) is 4.27. The van der Waals surface area contributed by atoms with Crippen LogP contribution in [0.2, 0.25) is 0 Å². The number of hydrogen-bond acceptors (Lipinski definition) is 3. The number of para-hydroxylation sites is 1. The minimum Gasteiger partial charge on any atom is -0.383 e. The molecule has 1 aromatic carbocycles. The Bertz CT molecular complexity index is 1060. The molecule has 0 unspecified atom stereocenters. The van der Waals surface area contributed by atoms with Gasteiger partial charge in [-0.05, 0) is 67.9 Å². The third-order valence-corrected chi connectivity index (χ3v) is 6.49. The van der Waals surface area contributed by atoms with Gasteiger partial charge in [-0.15, -0.1) is 0 Å². The third-order valence-electron chi connectivity index (χ3n) is 6.14. The molecular formula is C25H30N4OS. The quantitative estimate of drug-likeness (QED) is 0.548. The highest BCUT2D eigenvalue weighted by molar-refractivity contribution is 7.80. The van der Waals surface area contributed by atoms with E-state index < -0.39 is 0 Å². The zero-order valence-electron chi connectivity index (χ0n) is 18.6. The van der Waals surface area contributed by atoms with E-state index in [1.54, 1.807) is 7.11 Å². The van der Waals surface area contributed by atoms with Crippen molar-refractivity contribution < 1.29 is 4.74 Å². The zero-order valence-corrected chi connectivity index (χ0v) is 19.4. The van der Waals surface area contributed by atoms with Crippen molar-refractivity contribution in [1.82, 2.24) is 19.8 Å². The van der Waals surface area contributed by atoms with E-state index in [2.05, 4.69) is 76.9 Å². The molecule has 0 radical (unpaired) electrons. The van der Waals surface area contributed by atoms with Crippen LogP contribution >= 0.6 is 12.2 Å². The summed E-state index contributed by atoms with van der Waals surface area (Å²) in [6.45, 7) is 7.94. The molecule has 162 valence electrons. The molecule has 0 aliphatic carbocycles. The van der Waals surface area contributed by atoms with Crippen molar-refractivity contribution in [2.75, 3.05) is 20.3 Å². The molecule has 3 heterocycles. The topological polar surface area (TPSA) is 42.3 Å². The summed E-state index contributed by atoms with van der Waals surface area (Å²) in [4.78, 5) is 6.89. The van der Waals surface area contributed by atoms with E-state index in [-0.39, 0.29) is 12.1 Å². The van der Waals surface area contributed by atoms with E-state index in [1.165, 1.54) is 28.2 Å². The number of rotatable bonds is 7. The molecule has 6 heteroatoms. The van der Waals surface area contributed by atoms with E-state index >= 15 is 0 Å². The van der Waals surface area contributed by atoms with E-state index in [4.69, 9.17) is 17.0 Å². The fourth-order valence-electron chi connectivity index (χ4n) is 4.66. The summed E-state index contributed by atoms with van der Waals surface area (Å²) in [6, 6.07) is 17.0. The van der Waals surface area contributed by atoms with Gasteiger partial charge in [-0.3, -0.25) is 4.98 Å². The van der Waals surface area contributed by atoms with Gasteiger partial charge in [0.05, 0.1) is 24.4 Å². The first-order valence-electron chi connectivity index (χ1n) is 10.8. The maximum atomic E-state index is 5.75. The molecule has 2 aromatic heterocycles. The van der Waals surface area contributed by atoms with Gasteiger partial charge >= 0.3 is 0 Å². The summed E-state index contributed by atoms with van der Waals surface area (Å²) in [7, 11) is 1.73. The molecule has 1 saturated heterocycles. The summed E-state index contributed by atoms with van der Waals surface area (Å²) in [6.07, 6.45) is 2.84. The van der Waals surface area contributed by atoms with Crippen molar-refractivity contribution in [3.8, 4) is 5.69 Å². The smallest absolute Gasteiger partial charge is 0.170 e. The van der Waals surface area contributed by atoms with Gasteiger partial charge in [0.2, 0.25) is 0 Å². The van der Waals surface area contributed by atoms with Crippen LogP contribution in [0.15, 0.2) is 54.7 Å². The van der Waals surface area contributed by atoms with Crippen molar-refractivity contribution in [2.24, 2.45) is 0 Å². The van der Waals surface area contributed by atoms with E-state index in [1.807, 2.05) is 18.3 Å². The molecule has 31 heavy (non-hydrogen) atoms. The molecular weight excluding hydrogens is 404 g/mol. The first-order valence-corrected chi connectivity index (χ1v) is 11.2. The van der Waals surface area contributed by atoms with Gasteiger partial charge in [0.25, 0.3) is 0 Å². The van der Waals surface area contributed by atoms with Crippen LogP contribution in [0.25, 0.3) is 5.69 Å². The fourth-order valence-corrected chi connectivity index (χ4v) is 4.99. The summed E-state index contributed by atoms with van der Waals surface area (Å²) >= 11 is 5.75. The molecule has 1 aliphatic heterocycles. The van der Waals surface area contributed by atoms with Gasteiger partial charge in [-0.2, -0.15) is 0 Å². The predicted octanol–water partition coefficient (Wildman–Crippen LogP) is 4.67. The van der Waals surface area contributed by atoms with Gasteiger partial charge in [0, 0.05) is 36.9 Å². The molecule has 1 fully saturated rings. The van der Waals surface area contributed by atoms with Crippen LogP contribution in [0.1, 0.15) is 47.2 Å². The molecule has 1 aliphatic rings. The molecule has 1 N–H and O–H groups in total. The van der Waals surface area contributed by atoms with Gasteiger partial charge in [0.1, 0.15) is 0 Å². The number of ether oxygens (including phenoxy) is 1. The van der Waals surface area contributed by atoms with Gasteiger partial charge < -0.3 is 19.5 Å². The molecule has 2 atom stereocenters. The average Bonchev–Trinajstić information content (AvgIpc) is 3.27. The number of methoxy groups -OCH3 is 1. The van der Waals surface area contributed by atoms with Crippen molar-refractivity contribution >= 4 is 17.3 Å². The standard InChI is InChI=1S/C25H30N4OS/c1-5-19-10-6-7-12-22(19)29-17(2)16-20(18(29)3)24-23(21-11-8-9-13-26-21)27-25(31)28(24)14-15-30-4/h6-13,16,23-24H,5,14-15H2,1-4H3,(H,27,31)/t23-,24-/m1/s1. The second-order valence-corrected chi connectivity index (χ2v) is 8.34. The maximum Gasteiger partial charge on any atom is 0.170 e. The van der Waals surface area contributed by atoms with Crippen LogP contribution in [0.4, 0.5) is 0 Å². The second kappa shape index (κ2) is 9.20. The van der Waals surface area contributed by atoms with Crippen molar-refractivity contribution in [3.63, 3.8) is 0 Å². The van der Waals surface area contributed by atoms with Crippen LogP contribution in [0.3, 0.4) is 0 Å². The van der Waals surface area contributed by atoms with Gasteiger partial charge in [0.15, 0.2) is 5.11 Å². The van der Waals surface area contributed by atoms with Gasteiger partial charge in [-0.1, -0.05) is 31.2 Å². The highest BCUT2D eigenvalue weighted by Gasteiger charge is 2.41. The first kappa shape index (κ1) is 21.5. The molecule has 0 spiro atoms. The summed E-state index contributed by atoms with van der Waals surface area (Å²) in [5.41, 5.74) is 7.30. The Balaban J connectivity index is 1.83. The molecule has 0 bridgehead atoms. The van der Waals surface area contributed by atoms with Crippen LogP contribution < -0.4 is 5.32 Å². The minimum atomic E-state index is -0.0130. The number of pyridine rings is 1. The number of benzene rings is 1. The minimum absolute atomic E-state index is 0.0130. The predicted molar refractivity (Wildman–Crippen MR) is 129 cm³/mol. The number of nitrogens with one attached hydrogen (secondary N) is 1. The van der Waals surface area contributed by atoms with Crippen LogP contribution in [0.5, 0.6) is 0 Å². The van der Waals surface area contributed by atoms with E-state index in [0.717, 1.165) is 23.8 Å². The Morgan fingerprint density at radius 3 is 2.61 bits per heavy atom. The van der Waals surface area contributed by atoms with Crippen molar-refractivity contribution in [3.05, 3.63) is 82.9 Å². The Kier molecular flexibility index (Phi) is 6.39. The van der Waals surface area contributed by atoms with Crippen molar-refractivity contribution in [2.45, 2.75) is 39.3 Å². The maximum absolute atomic E-state index is 5.75. The summed E-state index contributed by atoms with van der Waals surface area (Å²) < 4.78 is 7.76. The SMILES string of the molecule is CCc1ccccc1-n1c(C)cc([C@@H]2[C@@H](c3ccccn3)NC(=S)N2CCOC)c1C. The Labute approximate surface area is 190 Å². The Hall–Kier alpha value is -2.70. The van der Waals surface area contributed by atoms with Gasteiger partial charge in [-0.25, -0.2) is 0 Å². The average molecular weight is 435 g/mol. The van der Waals surface area contributed by atoms with E-state index in [0.29, 0.717) is 6.61 Å². The lowest BCUT2D eigenvalue weighted by molar-refractivity contribution is 0.164. The van der Waals surface area contributed by atoms with Crippen molar-refractivity contribution in [1.29, 1.82) is 0 Å². The number of aryl methyl sites for hydroxylation is 2. The number of nitrogens with zero attached hydrogens (tertiary/aromatic N) is 3. The van der Waals surface area contributed by atoms with Crippen LogP contribution in [0, 0.1) is 13.8 Å². The molecule has 0 saturated carbocycles. The highest BCUT2D eigenvalue weighted by atomic mass is 32.1. The normalized spacial score (nSPS) is 18.5. The highest BCUT2D eigenvalue weighted by Crippen LogP contribution is 2.41. The second-order valence-electron chi connectivity index (χ2n) is 7.96. The number of thiocarbonyl (C=S) groups is 1. The lowest BCUT2D eigenvalue weighted by Crippen LogP contribution is -2.32. The van der Waals surface area contributed by atoms with E-state index in [9.17, 15) is 0 Å². The first-order chi connectivity index (χ1) is 15.1. The molecule has 4 rings (SSSR count). The molecule has 5 nitrogen and oxygen atoms in total. The number of hydrogen-bond donors (Lipinski definition) is 1. The fraction of sp³-hybridized carbons (Fsp3) is 0.360. The Morgan fingerprint density at radius 2 is 1.90 bits per heavy atom. The largest absolute Gasteiger partial charge is 0.383 e. The van der Waals surface area contributed by atoms with Crippen LogP contribution in [-0.2, 0) is 11.2 Å². The number of aromatic nitrogens is 2.